The van der Waals surface area contributed by atoms with Gasteiger partial charge in [0.2, 0.25) is 0 Å². The lowest BCUT2D eigenvalue weighted by atomic mass is 10.1. The summed E-state index contributed by atoms with van der Waals surface area (Å²) in [6.45, 7) is 0.439. The van der Waals surface area contributed by atoms with Crippen LogP contribution in [0.5, 0.6) is 0 Å². The summed E-state index contributed by atoms with van der Waals surface area (Å²) >= 11 is 1.69. The SMILES string of the molecule is O=C(NCc1cccnc1)c1ccc2c(c1)ncn2-c1cccc(-c2ccsc2)c1. The molecule has 1 N–H and O–H groups in total. The van der Waals surface area contributed by atoms with Crippen molar-refractivity contribution in [3.63, 3.8) is 0 Å². The molecule has 0 fully saturated rings. The number of carbonyl (C=O) groups excluding carboxylic acids is 1. The van der Waals surface area contributed by atoms with Crippen molar-refractivity contribution in [2.45, 2.75) is 6.54 Å². The molecule has 30 heavy (non-hydrogen) atoms. The van der Waals surface area contributed by atoms with Gasteiger partial charge in [-0.1, -0.05) is 18.2 Å². The molecule has 5 rings (SSSR count). The van der Waals surface area contributed by atoms with E-state index in [0.717, 1.165) is 22.3 Å². The van der Waals surface area contributed by atoms with E-state index >= 15 is 0 Å². The predicted molar refractivity (Wildman–Crippen MR) is 120 cm³/mol. The van der Waals surface area contributed by atoms with Crippen LogP contribution in [-0.4, -0.2) is 20.4 Å². The van der Waals surface area contributed by atoms with Gasteiger partial charge in [0.25, 0.3) is 5.91 Å². The number of hydrogen-bond donors (Lipinski definition) is 1. The van der Waals surface area contributed by atoms with Gasteiger partial charge in [-0.3, -0.25) is 14.3 Å². The summed E-state index contributed by atoms with van der Waals surface area (Å²) in [5.74, 6) is -0.130. The van der Waals surface area contributed by atoms with Gasteiger partial charge in [-0.15, -0.1) is 0 Å². The predicted octanol–water partition coefficient (Wildman–Crippen LogP) is 5.08. The first-order chi connectivity index (χ1) is 14.8. The third-order valence-electron chi connectivity index (χ3n) is 4.96. The fraction of sp³-hybridized carbons (Fsp3) is 0.0417. The maximum atomic E-state index is 12.5. The van der Waals surface area contributed by atoms with Crippen molar-refractivity contribution in [2.24, 2.45) is 0 Å². The normalized spacial score (nSPS) is 10.9. The van der Waals surface area contributed by atoms with Crippen LogP contribution in [0.3, 0.4) is 0 Å². The summed E-state index contributed by atoms with van der Waals surface area (Å²) in [7, 11) is 0. The molecule has 0 aliphatic rings. The molecule has 0 saturated heterocycles. The third-order valence-corrected chi connectivity index (χ3v) is 5.65. The molecule has 3 aromatic heterocycles. The minimum absolute atomic E-state index is 0.130. The number of nitrogens with zero attached hydrogens (tertiary/aromatic N) is 3. The van der Waals surface area contributed by atoms with E-state index < -0.39 is 0 Å². The van der Waals surface area contributed by atoms with E-state index in [1.807, 2.05) is 34.9 Å². The number of hydrogen-bond acceptors (Lipinski definition) is 4. The quantitative estimate of drug-likeness (QED) is 0.440. The number of fused-ring (bicyclic) bond motifs is 1. The van der Waals surface area contributed by atoms with Gasteiger partial charge in [-0.05, 0) is 69.9 Å². The first-order valence-electron chi connectivity index (χ1n) is 9.55. The van der Waals surface area contributed by atoms with Crippen LogP contribution in [0.1, 0.15) is 15.9 Å². The summed E-state index contributed by atoms with van der Waals surface area (Å²) in [5, 5.41) is 7.15. The smallest absolute Gasteiger partial charge is 0.251 e. The zero-order valence-corrected chi connectivity index (χ0v) is 16.8. The molecule has 6 heteroatoms. The van der Waals surface area contributed by atoms with Gasteiger partial charge in [-0.2, -0.15) is 11.3 Å². The van der Waals surface area contributed by atoms with Crippen molar-refractivity contribution < 1.29 is 4.79 Å². The molecule has 3 heterocycles. The van der Waals surface area contributed by atoms with E-state index in [1.165, 1.54) is 11.1 Å². The van der Waals surface area contributed by atoms with E-state index in [1.54, 1.807) is 30.1 Å². The van der Waals surface area contributed by atoms with Crippen LogP contribution in [0.15, 0.2) is 90.1 Å². The van der Waals surface area contributed by atoms with Gasteiger partial charge in [0, 0.05) is 30.2 Å². The monoisotopic (exact) mass is 410 g/mol. The first kappa shape index (κ1) is 18.3. The number of rotatable bonds is 5. The molecule has 0 aliphatic heterocycles. The fourth-order valence-electron chi connectivity index (χ4n) is 3.41. The molecule has 146 valence electrons. The summed E-state index contributed by atoms with van der Waals surface area (Å²) in [4.78, 5) is 21.1. The third kappa shape index (κ3) is 3.60. The fourth-order valence-corrected chi connectivity index (χ4v) is 4.08. The van der Waals surface area contributed by atoms with Gasteiger partial charge >= 0.3 is 0 Å². The van der Waals surface area contributed by atoms with E-state index in [0.29, 0.717) is 12.1 Å². The van der Waals surface area contributed by atoms with Crippen LogP contribution in [0, 0.1) is 0 Å². The van der Waals surface area contributed by atoms with Gasteiger partial charge in [0.1, 0.15) is 6.33 Å². The molecular formula is C24H18N4OS. The Hall–Kier alpha value is -3.77. The highest BCUT2D eigenvalue weighted by atomic mass is 32.1. The minimum Gasteiger partial charge on any atom is -0.348 e. The Morgan fingerprint density at radius 1 is 1.03 bits per heavy atom. The second kappa shape index (κ2) is 7.93. The molecule has 1 amide bonds. The summed E-state index contributed by atoms with van der Waals surface area (Å²) in [5.41, 5.74) is 6.70. The number of imidazole rings is 1. The van der Waals surface area contributed by atoms with E-state index in [4.69, 9.17) is 0 Å². The number of thiophene rings is 1. The molecule has 0 spiro atoms. The highest BCUT2D eigenvalue weighted by Gasteiger charge is 2.11. The Morgan fingerprint density at radius 2 is 2.00 bits per heavy atom. The number of nitrogens with one attached hydrogen (secondary N) is 1. The summed E-state index contributed by atoms with van der Waals surface area (Å²) in [6, 6.07) is 19.9. The minimum atomic E-state index is -0.130. The first-order valence-corrected chi connectivity index (χ1v) is 10.5. The van der Waals surface area contributed by atoms with Crippen molar-refractivity contribution in [2.75, 3.05) is 0 Å². The van der Waals surface area contributed by atoms with Gasteiger partial charge in [0.05, 0.1) is 11.0 Å². The topological polar surface area (TPSA) is 59.8 Å². The van der Waals surface area contributed by atoms with E-state index in [9.17, 15) is 4.79 Å². The Bertz CT molecular complexity index is 1310. The number of benzene rings is 2. The number of amides is 1. The molecule has 0 aliphatic carbocycles. The van der Waals surface area contributed by atoms with Gasteiger partial charge in [-0.25, -0.2) is 4.98 Å². The highest BCUT2D eigenvalue weighted by molar-refractivity contribution is 7.08. The number of pyridine rings is 1. The zero-order valence-electron chi connectivity index (χ0n) is 16.0. The summed E-state index contributed by atoms with van der Waals surface area (Å²) < 4.78 is 2.04. The zero-order chi connectivity index (χ0) is 20.3. The van der Waals surface area contributed by atoms with Crippen LogP contribution >= 0.6 is 11.3 Å². The van der Waals surface area contributed by atoms with Crippen molar-refractivity contribution in [3.8, 4) is 16.8 Å². The lowest BCUT2D eigenvalue weighted by Crippen LogP contribution is -2.22. The van der Waals surface area contributed by atoms with Crippen molar-refractivity contribution >= 4 is 28.3 Å². The lowest BCUT2D eigenvalue weighted by Gasteiger charge is -2.08. The number of aromatic nitrogens is 3. The largest absolute Gasteiger partial charge is 0.348 e. The second-order valence-corrected chi connectivity index (χ2v) is 7.70. The Kier molecular flexibility index (Phi) is 4.83. The van der Waals surface area contributed by atoms with Crippen LogP contribution in [-0.2, 0) is 6.54 Å². The molecule has 5 nitrogen and oxygen atoms in total. The molecule has 0 radical (unpaired) electrons. The van der Waals surface area contributed by atoms with Crippen LogP contribution in [0.2, 0.25) is 0 Å². The molecule has 0 atom stereocenters. The number of carbonyl (C=O) groups is 1. The Labute approximate surface area is 177 Å². The maximum Gasteiger partial charge on any atom is 0.251 e. The molecule has 2 aromatic carbocycles. The van der Waals surface area contributed by atoms with E-state index in [2.05, 4.69) is 56.4 Å². The van der Waals surface area contributed by atoms with Gasteiger partial charge < -0.3 is 5.32 Å². The summed E-state index contributed by atoms with van der Waals surface area (Å²) in [6.07, 6.45) is 5.26. The molecule has 0 bridgehead atoms. The second-order valence-electron chi connectivity index (χ2n) is 6.92. The highest BCUT2D eigenvalue weighted by Crippen LogP contribution is 2.26. The Morgan fingerprint density at radius 3 is 2.83 bits per heavy atom. The maximum absolute atomic E-state index is 12.5. The molecule has 0 unspecified atom stereocenters. The van der Waals surface area contributed by atoms with Crippen molar-refractivity contribution in [1.29, 1.82) is 0 Å². The van der Waals surface area contributed by atoms with Gasteiger partial charge in [0.15, 0.2) is 0 Å². The average Bonchev–Trinajstić information content (AvgIpc) is 3.48. The lowest BCUT2D eigenvalue weighted by molar-refractivity contribution is 0.0951. The molecular weight excluding hydrogens is 392 g/mol. The standard InChI is InChI=1S/C24H18N4OS/c29-24(26-14-17-3-2-9-25-13-17)19-6-7-23-22(12-19)27-16-28(23)21-5-1-4-18(11-21)20-8-10-30-15-20/h1-13,15-16H,14H2,(H,26,29). The van der Waals surface area contributed by atoms with Crippen LogP contribution < -0.4 is 5.32 Å². The molecule has 5 aromatic rings. The van der Waals surface area contributed by atoms with E-state index in [-0.39, 0.29) is 5.91 Å². The molecule has 0 saturated carbocycles. The van der Waals surface area contributed by atoms with Crippen LogP contribution in [0.4, 0.5) is 0 Å². The van der Waals surface area contributed by atoms with Crippen LogP contribution in [0.25, 0.3) is 27.8 Å². The average molecular weight is 411 g/mol. The van der Waals surface area contributed by atoms with Crippen molar-refractivity contribution in [3.05, 3.63) is 101 Å². The van der Waals surface area contributed by atoms with Crippen molar-refractivity contribution in [1.82, 2.24) is 19.9 Å². The Balaban J connectivity index is 1.40.